The quantitative estimate of drug-likeness (QED) is 0.462. The van der Waals surface area contributed by atoms with E-state index in [4.69, 9.17) is 9.79 Å². The Morgan fingerprint density at radius 2 is 2.05 bits per heavy atom. The van der Waals surface area contributed by atoms with E-state index in [0.717, 1.165) is 16.5 Å². The minimum atomic E-state index is -3.96. The number of carbonyl (C=O) groups excluding carboxylic acids is 1. The van der Waals surface area contributed by atoms with Gasteiger partial charge in [0.25, 0.3) is 0 Å². The highest BCUT2D eigenvalue weighted by molar-refractivity contribution is 7.51. The smallest absolute Gasteiger partial charge is 0.325 e. The SMILES string of the molecule is O=C(CCc1c[nH]c2ccccc12)NCCCP(=O)(O)O. The maximum atomic E-state index is 11.7. The lowest BCUT2D eigenvalue weighted by Crippen LogP contribution is -2.25. The number of aromatic amines is 1. The third-order valence-electron chi connectivity index (χ3n) is 3.24. The van der Waals surface area contributed by atoms with Crippen LogP contribution in [0.25, 0.3) is 10.9 Å². The average Bonchev–Trinajstić information content (AvgIpc) is 2.84. The van der Waals surface area contributed by atoms with Crippen molar-refractivity contribution in [3.05, 3.63) is 36.0 Å². The monoisotopic (exact) mass is 310 g/mol. The van der Waals surface area contributed by atoms with Crippen molar-refractivity contribution in [2.45, 2.75) is 19.3 Å². The van der Waals surface area contributed by atoms with E-state index >= 15 is 0 Å². The van der Waals surface area contributed by atoms with E-state index in [1.54, 1.807) is 0 Å². The molecule has 1 aromatic carbocycles. The number of aryl methyl sites for hydroxylation is 1. The van der Waals surface area contributed by atoms with Crippen LogP contribution in [-0.2, 0) is 15.8 Å². The molecule has 0 radical (unpaired) electrons. The molecule has 2 rings (SSSR count). The third-order valence-corrected chi connectivity index (χ3v) is 4.14. The van der Waals surface area contributed by atoms with Crippen LogP contribution in [0, 0.1) is 0 Å². The van der Waals surface area contributed by atoms with Crippen LogP contribution in [0.5, 0.6) is 0 Å². The molecule has 21 heavy (non-hydrogen) atoms. The summed E-state index contributed by atoms with van der Waals surface area (Å²) in [6, 6.07) is 7.91. The Kier molecular flexibility index (Phi) is 5.17. The maximum absolute atomic E-state index is 11.7. The summed E-state index contributed by atoms with van der Waals surface area (Å²) in [6.45, 7) is 0.290. The topological polar surface area (TPSA) is 102 Å². The van der Waals surface area contributed by atoms with Crippen LogP contribution in [0.4, 0.5) is 0 Å². The van der Waals surface area contributed by atoms with E-state index in [1.807, 2.05) is 30.5 Å². The van der Waals surface area contributed by atoms with Crippen molar-refractivity contribution < 1.29 is 19.1 Å². The minimum absolute atomic E-state index is 0.106. The second-order valence-corrected chi connectivity index (χ2v) is 6.73. The molecule has 0 aliphatic rings. The Morgan fingerprint density at radius 1 is 1.29 bits per heavy atom. The highest BCUT2D eigenvalue weighted by atomic mass is 31.2. The minimum Gasteiger partial charge on any atom is -0.361 e. The number of benzene rings is 1. The fraction of sp³-hybridized carbons (Fsp3) is 0.357. The Labute approximate surface area is 122 Å². The number of aromatic nitrogens is 1. The summed E-state index contributed by atoms with van der Waals surface area (Å²) in [4.78, 5) is 32.3. The molecule has 2 aromatic rings. The second-order valence-electron chi connectivity index (χ2n) is 4.95. The predicted octanol–water partition coefficient (Wildman–Crippen LogP) is 1.78. The summed E-state index contributed by atoms with van der Waals surface area (Å²) >= 11 is 0. The zero-order valence-electron chi connectivity index (χ0n) is 11.6. The van der Waals surface area contributed by atoms with Crippen molar-refractivity contribution in [3.8, 4) is 0 Å². The molecule has 1 heterocycles. The zero-order chi connectivity index (χ0) is 15.3. The first-order valence-corrected chi connectivity index (χ1v) is 8.62. The molecule has 0 unspecified atom stereocenters. The summed E-state index contributed by atoms with van der Waals surface area (Å²) in [5.41, 5.74) is 2.14. The molecular formula is C14H19N2O4P. The Morgan fingerprint density at radius 3 is 2.81 bits per heavy atom. The number of hydrogen-bond donors (Lipinski definition) is 4. The lowest BCUT2D eigenvalue weighted by Gasteiger charge is -2.06. The fourth-order valence-electron chi connectivity index (χ4n) is 2.19. The van der Waals surface area contributed by atoms with E-state index in [0.29, 0.717) is 12.8 Å². The van der Waals surface area contributed by atoms with Crippen LogP contribution in [0.3, 0.4) is 0 Å². The molecule has 0 aliphatic carbocycles. The van der Waals surface area contributed by atoms with Gasteiger partial charge in [0, 0.05) is 30.1 Å². The molecule has 0 fully saturated rings. The number of amides is 1. The van der Waals surface area contributed by atoms with Gasteiger partial charge in [-0.05, 0) is 24.5 Å². The first kappa shape index (κ1) is 15.8. The maximum Gasteiger partial charge on any atom is 0.325 e. The highest BCUT2D eigenvalue weighted by Gasteiger charge is 2.12. The highest BCUT2D eigenvalue weighted by Crippen LogP contribution is 2.34. The Balaban J connectivity index is 1.75. The van der Waals surface area contributed by atoms with E-state index in [9.17, 15) is 9.36 Å². The largest absolute Gasteiger partial charge is 0.361 e. The molecule has 7 heteroatoms. The zero-order valence-corrected chi connectivity index (χ0v) is 12.5. The van der Waals surface area contributed by atoms with Gasteiger partial charge >= 0.3 is 7.60 Å². The molecule has 0 saturated carbocycles. The second kappa shape index (κ2) is 6.89. The van der Waals surface area contributed by atoms with Gasteiger partial charge in [0.1, 0.15) is 0 Å². The van der Waals surface area contributed by atoms with E-state index < -0.39 is 7.60 Å². The molecule has 114 valence electrons. The van der Waals surface area contributed by atoms with Crippen LogP contribution in [0.1, 0.15) is 18.4 Å². The van der Waals surface area contributed by atoms with Gasteiger partial charge < -0.3 is 20.1 Å². The number of hydrogen-bond acceptors (Lipinski definition) is 2. The molecule has 6 nitrogen and oxygen atoms in total. The number of rotatable bonds is 7. The predicted molar refractivity (Wildman–Crippen MR) is 81.2 cm³/mol. The van der Waals surface area contributed by atoms with Gasteiger partial charge in [-0.2, -0.15) is 0 Å². The van der Waals surface area contributed by atoms with Gasteiger partial charge in [-0.1, -0.05) is 18.2 Å². The van der Waals surface area contributed by atoms with E-state index in [-0.39, 0.29) is 25.0 Å². The van der Waals surface area contributed by atoms with Crippen LogP contribution >= 0.6 is 7.60 Å². The van der Waals surface area contributed by atoms with Crippen molar-refractivity contribution in [2.75, 3.05) is 12.7 Å². The van der Waals surface area contributed by atoms with Crippen LogP contribution in [-0.4, -0.2) is 33.4 Å². The first-order valence-electron chi connectivity index (χ1n) is 6.82. The van der Waals surface area contributed by atoms with Gasteiger partial charge in [0.05, 0.1) is 6.16 Å². The first-order chi connectivity index (χ1) is 9.96. The number of H-pyrrole nitrogens is 1. The van der Waals surface area contributed by atoms with Gasteiger partial charge in [-0.3, -0.25) is 9.36 Å². The molecule has 1 amide bonds. The summed E-state index contributed by atoms with van der Waals surface area (Å²) in [7, 11) is -3.96. The third kappa shape index (κ3) is 5.01. The summed E-state index contributed by atoms with van der Waals surface area (Å²) in [6.07, 6.45) is 2.98. The number of carbonyl (C=O) groups is 1. The molecular weight excluding hydrogens is 291 g/mol. The Bertz CT molecular complexity index is 662. The molecule has 1 aromatic heterocycles. The lowest BCUT2D eigenvalue weighted by molar-refractivity contribution is -0.121. The van der Waals surface area contributed by atoms with Gasteiger partial charge in [0.2, 0.25) is 5.91 Å². The summed E-state index contributed by atoms with van der Waals surface area (Å²) in [5, 5.41) is 3.79. The van der Waals surface area contributed by atoms with Crippen molar-refractivity contribution in [3.63, 3.8) is 0 Å². The molecule has 4 N–H and O–H groups in total. The van der Waals surface area contributed by atoms with Gasteiger partial charge in [-0.25, -0.2) is 0 Å². The molecule has 0 atom stereocenters. The van der Waals surface area contributed by atoms with Crippen molar-refractivity contribution in [2.24, 2.45) is 0 Å². The number of nitrogens with one attached hydrogen (secondary N) is 2. The van der Waals surface area contributed by atoms with E-state index in [1.165, 1.54) is 0 Å². The van der Waals surface area contributed by atoms with Crippen molar-refractivity contribution >= 4 is 24.4 Å². The van der Waals surface area contributed by atoms with Gasteiger partial charge in [-0.15, -0.1) is 0 Å². The lowest BCUT2D eigenvalue weighted by atomic mass is 10.1. The average molecular weight is 310 g/mol. The van der Waals surface area contributed by atoms with Crippen molar-refractivity contribution in [1.82, 2.24) is 10.3 Å². The molecule has 0 bridgehead atoms. The van der Waals surface area contributed by atoms with Crippen molar-refractivity contribution in [1.29, 1.82) is 0 Å². The molecule has 0 saturated heterocycles. The van der Waals surface area contributed by atoms with Crippen LogP contribution in [0.15, 0.2) is 30.5 Å². The Hall–Kier alpha value is -1.62. The van der Waals surface area contributed by atoms with E-state index in [2.05, 4.69) is 10.3 Å². The summed E-state index contributed by atoms with van der Waals surface area (Å²) < 4.78 is 10.7. The molecule has 0 aliphatic heterocycles. The summed E-state index contributed by atoms with van der Waals surface area (Å²) in [5.74, 6) is -0.106. The number of fused-ring (bicyclic) bond motifs is 1. The molecule has 0 spiro atoms. The fourth-order valence-corrected chi connectivity index (χ4v) is 2.76. The standard InChI is InChI=1S/C14H19N2O4P/c17-14(15-8-3-9-21(18,19)20)7-6-11-10-16-13-5-2-1-4-12(11)13/h1-2,4-5,10,16H,3,6-9H2,(H,15,17)(H2,18,19,20). The van der Waals surface area contributed by atoms with Crippen LogP contribution < -0.4 is 5.32 Å². The van der Waals surface area contributed by atoms with Crippen LogP contribution in [0.2, 0.25) is 0 Å². The normalized spacial score (nSPS) is 11.7. The number of para-hydroxylation sites is 1. The van der Waals surface area contributed by atoms with Gasteiger partial charge in [0.15, 0.2) is 0 Å².